The second-order valence-electron chi connectivity index (χ2n) is 7.87. The quantitative estimate of drug-likeness (QED) is 0.642. The highest BCUT2D eigenvalue weighted by molar-refractivity contribution is 5.94. The number of rotatable bonds is 6. The van der Waals surface area contributed by atoms with Gasteiger partial charge >= 0.3 is 0 Å². The van der Waals surface area contributed by atoms with Gasteiger partial charge in [0.25, 0.3) is 5.91 Å². The van der Waals surface area contributed by atoms with E-state index in [4.69, 9.17) is 0 Å². The van der Waals surface area contributed by atoms with E-state index in [-0.39, 0.29) is 11.9 Å². The lowest BCUT2D eigenvalue weighted by atomic mass is 10.0. The van der Waals surface area contributed by atoms with E-state index in [0.717, 1.165) is 31.9 Å². The maximum atomic E-state index is 13.4. The third-order valence-corrected chi connectivity index (χ3v) is 5.60. The summed E-state index contributed by atoms with van der Waals surface area (Å²) in [6.45, 7) is 4.92. The van der Waals surface area contributed by atoms with Crippen molar-refractivity contribution in [3.05, 3.63) is 65.5 Å². The summed E-state index contributed by atoms with van der Waals surface area (Å²) in [5.74, 6) is -0.621. The molecule has 6 heteroatoms. The molecular weight excluding hydrogens is 355 g/mol. The van der Waals surface area contributed by atoms with E-state index in [1.165, 1.54) is 22.6 Å². The molecule has 0 unspecified atom stereocenters. The van der Waals surface area contributed by atoms with Gasteiger partial charge in [-0.1, -0.05) is 18.2 Å². The molecule has 3 rings (SSSR count). The van der Waals surface area contributed by atoms with Crippen molar-refractivity contribution in [2.75, 3.05) is 58.8 Å². The molecule has 0 radical (unpaired) electrons. The number of carbonyl (C=O) groups excluding carboxylic acids is 1. The van der Waals surface area contributed by atoms with Crippen LogP contribution in [-0.4, -0.2) is 59.8 Å². The first-order chi connectivity index (χ1) is 13.4. The Hall–Kier alpha value is -2.44. The van der Waals surface area contributed by atoms with E-state index in [2.05, 4.69) is 41.5 Å². The highest BCUT2D eigenvalue weighted by Gasteiger charge is 2.29. The molecule has 1 atom stereocenters. The second-order valence-corrected chi connectivity index (χ2v) is 7.87. The Kier molecular flexibility index (Phi) is 6.65. The van der Waals surface area contributed by atoms with E-state index in [1.807, 2.05) is 14.1 Å². The van der Waals surface area contributed by atoms with E-state index >= 15 is 0 Å². The van der Waals surface area contributed by atoms with Gasteiger partial charge in [0.1, 0.15) is 38.0 Å². The van der Waals surface area contributed by atoms with Crippen molar-refractivity contribution in [2.45, 2.75) is 6.04 Å². The van der Waals surface area contributed by atoms with Gasteiger partial charge in [-0.05, 0) is 30.3 Å². The molecule has 1 aliphatic heterocycles. The van der Waals surface area contributed by atoms with Crippen LogP contribution in [0.25, 0.3) is 0 Å². The first-order valence-electron chi connectivity index (χ1n) is 9.91. The summed E-state index contributed by atoms with van der Waals surface area (Å²) < 4.78 is 13.4. The summed E-state index contributed by atoms with van der Waals surface area (Å²) in [5.41, 5.74) is 2.74. The molecule has 1 fully saturated rings. The summed E-state index contributed by atoms with van der Waals surface area (Å²) >= 11 is 0. The molecule has 0 bridgehead atoms. The number of nitrogens with one attached hydrogen (secondary N) is 3. The van der Waals surface area contributed by atoms with Crippen LogP contribution >= 0.6 is 0 Å². The average molecular weight is 387 g/mol. The molecule has 1 heterocycles. The van der Waals surface area contributed by atoms with E-state index in [9.17, 15) is 9.18 Å². The van der Waals surface area contributed by atoms with Crippen LogP contribution in [0.1, 0.15) is 22.0 Å². The molecule has 3 N–H and O–H groups in total. The zero-order valence-corrected chi connectivity index (χ0v) is 17.0. The number of hydrogen-bond acceptors (Lipinski definition) is 2. The summed E-state index contributed by atoms with van der Waals surface area (Å²) in [6, 6.07) is 14.6. The third-order valence-electron chi connectivity index (χ3n) is 5.60. The lowest BCUT2D eigenvalue weighted by Crippen LogP contribution is -3.27. The Morgan fingerprint density at radius 1 is 1.11 bits per heavy atom. The van der Waals surface area contributed by atoms with Gasteiger partial charge in [0.05, 0.1) is 13.6 Å². The molecule has 1 saturated heterocycles. The topological polar surface area (TPSA) is 41.2 Å². The smallest absolute Gasteiger partial charge is 0.251 e. The highest BCUT2D eigenvalue weighted by atomic mass is 19.1. The van der Waals surface area contributed by atoms with Crippen molar-refractivity contribution in [1.29, 1.82) is 0 Å². The second kappa shape index (κ2) is 9.17. The van der Waals surface area contributed by atoms with Crippen molar-refractivity contribution in [3.63, 3.8) is 0 Å². The third kappa shape index (κ3) is 5.09. The highest BCUT2D eigenvalue weighted by Crippen LogP contribution is 2.16. The van der Waals surface area contributed by atoms with Crippen LogP contribution in [0.15, 0.2) is 48.5 Å². The van der Waals surface area contributed by atoms with Crippen LogP contribution < -0.4 is 20.0 Å². The van der Waals surface area contributed by atoms with Gasteiger partial charge in [-0.15, -0.1) is 0 Å². The monoisotopic (exact) mass is 386 g/mol. The first kappa shape index (κ1) is 20.3. The number of hydrogen-bond donors (Lipinski definition) is 3. The van der Waals surface area contributed by atoms with E-state index in [1.54, 1.807) is 17.0 Å². The van der Waals surface area contributed by atoms with Crippen LogP contribution in [0.5, 0.6) is 0 Å². The number of carbonyl (C=O) groups is 1. The number of benzene rings is 2. The number of quaternary nitrogens is 2. The van der Waals surface area contributed by atoms with Crippen LogP contribution in [0.4, 0.5) is 10.1 Å². The number of amides is 1. The number of nitrogens with zero attached hydrogens (tertiary/aromatic N) is 1. The van der Waals surface area contributed by atoms with Crippen LogP contribution in [0.2, 0.25) is 0 Å². The minimum Gasteiger partial charge on any atom is -0.378 e. The predicted octanol–water partition coefficient (Wildman–Crippen LogP) is -0.224. The van der Waals surface area contributed by atoms with Gasteiger partial charge in [0.2, 0.25) is 0 Å². The lowest BCUT2D eigenvalue weighted by Gasteiger charge is -2.33. The van der Waals surface area contributed by atoms with Crippen molar-refractivity contribution in [3.8, 4) is 0 Å². The summed E-state index contributed by atoms with van der Waals surface area (Å²) in [7, 11) is 6.28. The SMILES string of the molecule is CN(C)c1ccc([C@@H](CNC(=O)c2cccc(F)c2)[NH+]2CC[NH+](C)CC2)cc1. The number of anilines is 1. The number of piperazine rings is 1. The van der Waals surface area contributed by atoms with Gasteiger partial charge in [-0.2, -0.15) is 0 Å². The molecule has 1 aliphatic rings. The van der Waals surface area contributed by atoms with E-state index < -0.39 is 5.82 Å². The van der Waals surface area contributed by atoms with Gasteiger partial charge < -0.3 is 20.0 Å². The largest absolute Gasteiger partial charge is 0.378 e. The Morgan fingerprint density at radius 2 is 1.79 bits per heavy atom. The molecule has 0 saturated carbocycles. The first-order valence-corrected chi connectivity index (χ1v) is 9.91. The van der Waals surface area contributed by atoms with Crippen molar-refractivity contribution >= 4 is 11.6 Å². The molecular formula is C22H31FN4O+2. The number of halogens is 1. The minimum absolute atomic E-state index is 0.182. The van der Waals surface area contributed by atoms with Crippen LogP contribution in [0, 0.1) is 5.82 Å². The fourth-order valence-corrected chi connectivity index (χ4v) is 3.78. The zero-order valence-electron chi connectivity index (χ0n) is 17.0. The lowest BCUT2D eigenvalue weighted by molar-refractivity contribution is -1.02. The summed E-state index contributed by atoms with van der Waals surface area (Å²) in [4.78, 5) is 17.6. The van der Waals surface area contributed by atoms with Gasteiger partial charge in [0.15, 0.2) is 0 Å². The molecule has 0 aliphatic carbocycles. The normalized spacial score (nSPS) is 20.4. The van der Waals surface area contributed by atoms with E-state index in [0.29, 0.717) is 12.1 Å². The molecule has 1 amide bonds. The molecule has 28 heavy (non-hydrogen) atoms. The summed E-state index contributed by atoms with van der Waals surface area (Å²) in [5, 5.41) is 3.03. The average Bonchev–Trinajstić information content (AvgIpc) is 2.69. The molecule has 0 spiro atoms. The maximum Gasteiger partial charge on any atom is 0.251 e. The van der Waals surface area contributed by atoms with Gasteiger partial charge in [-0.25, -0.2) is 4.39 Å². The fraction of sp³-hybridized carbons (Fsp3) is 0.409. The fourth-order valence-electron chi connectivity index (χ4n) is 3.78. The van der Waals surface area contributed by atoms with Crippen molar-refractivity contribution in [2.24, 2.45) is 0 Å². The van der Waals surface area contributed by atoms with Gasteiger partial charge in [0, 0.05) is 30.9 Å². The molecule has 2 aromatic carbocycles. The minimum atomic E-state index is -0.392. The Labute approximate surface area is 166 Å². The van der Waals surface area contributed by atoms with Crippen molar-refractivity contribution < 1.29 is 19.0 Å². The molecule has 0 aromatic heterocycles. The van der Waals surface area contributed by atoms with Gasteiger partial charge in [-0.3, -0.25) is 4.79 Å². The Morgan fingerprint density at radius 3 is 2.39 bits per heavy atom. The standard InChI is InChI=1S/C22H29FN4O/c1-25(2)20-9-7-17(8-10-20)21(27-13-11-26(3)12-14-27)16-24-22(28)18-5-4-6-19(23)15-18/h4-10,15,21H,11-14,16H2,1-3H3,(H,24,28)/p+2/t21-/m1/s1. The predicted molar refractivity (Wildman–Crippen MR) is 110 cm³/mol. The zero-order chi connectivity index (χ0) is 20.1. The van der Waals surface area contributed by atoms with Crippen LogP contribution in [0.3, 0.4) is 0 Å². The summed E-state index contributed by atoms with van der Waals surface area (Å²) in [6.07, 6.45) is 0. The Bertz CT molecular complexity index is 785. The number of likely N-dealkylation sites (N-methyl/N-ethyl adjacent to an activating group) is 1. The maximum absolute atomic E-state index is 13.4. The molecule has 2 aromatic rings. The van der Waals surface area contributed by atoms with Crippen molar-refractivity contribution in [1.82, 2.24) is 5.32 Å². The van der Waals surface area contributed by atoms with Crippen LogP contribution in [-0.2, 0) is 0 Å². The Balaban J connectivity index is 1.75. The molecule has 5 nitrogen and oxygen atoms in total. The molecule has 150 valence electrons.